The monoisotopic (exact) mass is 934 g/mol. The molecule has 338 valence electrons. The van der Waals surface area contributed by atoms with Crippen LogP contribution in [-0.2, 0) is 24.7 Å². The standard InChI is InChI=1S/C52H26F12N4/c53-49(54,55)33-17-31(18-34(23-33)50(56,57)58)28-13-15-45-40(21-28)38-9-3-5-11-43(38)67(45)47-27-66-48(25-42(47)37-8-2-1-7-30(37)26-65)68-44-12-6-4-10-39(44)41-22-29(14-16-46(41)68)32-19-35(51(59,60)61)24-36(20-32)52(62,63)64/h1-25,27H. The Morgan fingerprint density at radius 2 is 0.794 bits per heavy atom. The lowest BCUT2D eigenvalue weighted by molar-refractivity contribution is -0.144. The van der Waals surface area contributed by atoms with Crippen molar-refractivity contribution in [2.24, 2.45) is 0 Å². The number of aromatic nitrogens is 3. The van der Waals surface area contributed by atoms with Gasteiger partial charge in [-0.1, -0.05) is 66.7 Å². The Balaban J connectivity index is 1.19. The fourth-order valence-corrected chi connectivity index (χ4v) is 8.82. The van der Waals surface area contributed by atoms with Crippen LogP contribution in [0.3, 0.4) is 0 Å². The SMILES string of the molecule is N#Cc1ccccc1-c1cc(-n2c3ccccc3c3cc(-c4cc(C(F)(F)F)cc(C(F)(F)F)c4)ccc32)ncc1-n1c2ccccc2c2cc(-c3cc(C(F)(F)F)cc(C(F)(F)F)c3)ccc21. The summed E-state index contributed by atoms with van der Waals surface area (Å²) in [5.74, 6) is 0.307. The van der Waals surface area contributed by atoms with Crippen molar-refractivity contribution in [3.63, 3.8) is 0 Å². The second-order valence-electron chi connectivity index (χ2n) is 16.0. The van der Waals surface area contributed by atoms with Crippen LogP contribution in [0.2, 0.25) is 0 Å². The average Bonchev–Trinajstić information content (AvgIpc) is 3.82. The number of fused-ring (bicyclic) bond motifs is 6. The maximum Gasteiger partial charge on any atom is 0.416 e. The Morgan fingerprint density at radius 1 is 0.382 bits per heavy atom. The average molecular weight is 935 g/mol. The molecule has 0 saturated carbocycles. The fourth-order valence-electron chi connectivity index (χ4n) is 8.82. The number of rotatable bonds is 5. The zero-order chi connectivity index (χ0) is 48.1. The van der Waals surface area contributed by atoms with E-state index in [1.54, 1.807) is 102 Å². The number of hydrogen-bond acceptors (Lipinski definition) is 2. The summed E-state index contributed by atoms with van der Waals surface area (Å²) >= 11 is 0. The minimum Gasteiger partial charge on any atom is -0.307 e. The molecule has 0 fully saturated rings. The first-order chi connectivity index (χ1) is 32.2. The van der Waals surface area contributed by atoms with Crippen LogP contribution in [0.4, 0.5) is 52.7 Å². The molecule has 16 heteroatoms. The van der Waals surface area contributed by atoms with E-state index in [1.807, 2.05) is 4.57 Å². The number of alkyl halides is 12. The highest BCUT2D eigenvalue weighted by Gasteiger charge is 2.38. The van der Waals surface area contributed by atoms with Gasteiger partial charge in [0.25, 0.3) is 0 Å². The summed E-state index contributed by atoms with van der Waals surface area (Å²) in [5.41, 5.74) is -2.49. The van der Waals surface area contributed by atoms with Crippen LogP contribution in [0.25, 0.3) is 88.5 Å². The van der Waals surface area contributed by atoms with E-state index in [4.69, 9.17) is 4.98 Å². The Hall–Kier alpha value is -8.06. The zero-order valence-electron chi connectivity index (χ0n) is 34.3. The van der Waals surface area contributed by atoms with Gasteiger partial charge in [-0.15, -0.1) is 0 Å². The lowest BCUT2D eigenvalue weighted by Gasteiger charge is -2.17. The summed E-state index contributed by atoms with van der Waals surface area (Å²) in [4.78, 5) is 4.92. The van der Waals surface area contributed by atoms with Crippen molar-refractivity contribution in [2.75, 3.05) is 0 Å². The Labute approximate surface area is 376 Å². The molecule has 0 aliphatic heterocycles. The highest BCUT2D eigenvalue weighted by Crippen LogP contribution is 2.44. The molecule has 0 N–H and O–H groups in total. The molecule has 4 nitrogen and oxygen atoms in total. The van der Waals surface area contributed by atoms with E-state index in [1.165, 1.54) is 24.3 Å². The van der Waals surface area contributed by atoms with Crippen molar-refractivity contribution in [3.8, 4) is 51.0 Å². The van der Waals surface area contributed by atoms with Gasteiger partial charge < -0.3 is 4.57 Å². The summed E-state index contributed by atoms with van der Waals surface area (Å²) in [6.07, 6.45) is -18.7. The van der Waals surface area contributed by atoms with Crippen molar-refractivity contribution in [1.82, 2.24) is 14.1 Å². The van der Waals surface area contributed by atoms with Crippen LogP contribution >= 0.6 is 0 Å². The van der Waals surface area contributed by atoms with Crippen molar-refractivity contribution in [3.05, 3.63) is 186 Å². The molecular weight excluding hydrogens is 909 g/mol. The number of nitriles is 1. The predicted octanol–water partition coefficient (Wildman–Crippen LogP) is 16.2. The van der Waals surface area contributed by atoms with Gasteiger partial charge in [-0.2, -0.15) is 57.9 Å². The topological polar surface area (TPSA) is 46.5 Å². The van der Waals surface area contributed by atoms with Crippen LogP contribution in [0.15, 0.2) is 158 Å². The molecule has 68 heavy (non-hydrogen) atoms. The minimum absolute atomic E-state index is 0.0680. The molecule has 0 saturated heterocycles. The number of pyridine rings is 1. The third-order valence-corrected chi connectivity index (χ3v) is 11.9. The summed E-state index contributed by atoms with van der Waals surface area (Å²) < 4.78 is 170. The molecule has 0 aliphatic carbocycles. The molecule has 10 aromatic rings. The van der Waals surface area contributed by atoms with Crippen molar-refractivity contribution < 1.29 is 52.7 Å². The Morgan fingerprint density at radius 3 is 1.26 bits per heavy atom. The molecule has 0 radical (unpaired) electrons. The van der Waals surface area contributed by atoms with Gasteiger partial charge >= 0.3 is 24.7 Å². The first kappa shape index (κ1) is 43.8. The summed E-state index contributed by atoms with van der Waals surface area (Å²) in [7, 11) is 0. The van der Waals surface area contributed by atoms with E-state index >= 15 is 0 Å². The largest absolute Gasteiger partial charge is 0.416 e. The number of para-hydroxylation sites is 2. The summed E-state index contributed by atoms with van der Waals surface area (Å²) in [5, 5.41) is 12.5. The van der Waals surface area contributed by atoms with Gasteiger partial charge in [-0.3, -0.25) is 4.57 Å². The number of benzene rings is 7. The first-order valence-electron chi connectivity index (χ1n) is 20.4. The quantitative estimate of drug-likeness (QED) is 0.161. The van der Waals surface area contributed by atoms with E-state index in [0.29, 0.717) is 90.5 Å². The molecule has 7 aromatic carbocycles. The van der Waals surface area contributed by atoms with Crippen molar-refractivity contribution in [1.29, 1.82) is 5.26 Å². The predicted molar refractivity (Wildman–Crippen MR) is 234 cm³/mol. The van der Waals surface area contributed by atoms with Gasteiger partial charge in [0, 0.05) is 32.7 Å². The lowest BCUT2D eigenvalue weighted by atomic mass is 9.97. The second-order valence-corrected chi connectivity index (χ2v) is 16.0. The van der Waals surface area contributed by atoms with E-state index in [2.05, 4.69) is 6.07 Å². The maximum atomic E-state index is 13.9. The van der Waals surface area contributed by atoms with E-state index in [9.17, 15) is 57.9 Å². The van der Waals surface area contributed by atoms with Gasteiger partial charge in [0.1, 0.15) is 5.82 Å². The van der Waals surface area contributed by atoms with Gasteiger partial charge in [-0.25, -0.2) is 4.98 Å². The van der Waals surface area contributed by atoms with Crippen LogP contribution in [0.1, 0.15) is 27.8 Å². The molecular formula is C52H26F12N4. The van der Waals surface area contributed by atoms with Crippen LogP contribution in [0.5, 0.6) is 0 Å². The molecule has 3 heterocycles. The van der Waals surface area contributed by atoms with Gasteiger partial charge in [-0.05, 0) is 107 Å². The van der Waals surface area contributed by atoms with Gasteiger partial charge in [0.2, 0.25) is 0 Å². The molecule has 0 aliphatic rings. The number of halogens is 12. The second kappa shape index (κ2) is 15.5. The molecule has 10 rings (SSSR count). The molecule has 0 unspecified atom stereocenters. The molecule has 0 bridgehead atoms. The summed E-state index contributed by atoms with van der Waals surface area (Å²) in [6.45, 7) is 0. The molecule has 0 amide bonds. The Kier molecular flexibility index (Phi) is 9.99. The molecule has 3 aromatic heterocycles. The van der Waals surface area contributed by atoms with E-state index < -0.39 is 47.0 Å². The van der Waals surface area contributed by atoms with Crippen LogP contribution in [0, 0.1) is 11.3 Å². The normalized spacial score (nSPS) is 12.7. The Bertz CT molecular complexity index is 3650. The third kappa shape index (κ3) is 7.53. The highest BCUT2D eigenvalue weighted by atomic mass is 19.4. The molecule has 0 atom stereocenters. The van der Waals surface area contributed by atoms with Crippen molar-refractivity contribution >= 4 is 43.6 Å². The van der Waals surface area contributed by atoms with Gasteiger partial charge in [0.15, 0.2) is 0 Å². The lowest BCUT2D eigenvalue weighted by Crippen LogP contribution is -2.11. The number of nitrogens with zero attached hydrogens (tertiary/aromatic N) is 4. The zero-order valence-corrected chi connectivity index (χ0v) is 34.3. The van der Waals surface area contributed by atoms with Crippen molar-refractivity contribution in [2.45, 2.75) is 24.7 Å². The fraction of sp³-hybridized carbons (Fsp3) is 0.0769. The highest BCUT2D eigenvalue weighted by molar-refractivity contribution is 6.12. The van der Waals surface area contributed by atoms with Crippen LogP contribution in [-0.4, -0.2) is 14.1 Å². The van der Waals surface area contributed by atoms with Gasteiger partial charge in [0.05, 0.1) is 67.8 Å². The van der Waals surface area contributed by atoms with E-state index in [0.717, 1.165) is 0 Å². The number of hydrogen-bond donors (Lipinski definition) is 0. The maximum absolute atomic E-state index is 13.9. The van der Waals surface area contributed by atoms with Crippen LogP contribution < -0.4 is 0 Å². The molecule has 0 spiro atoms. The minimum atomic E-state index is -5.07. The summed E-state index contributed by atoms with van der Waals surface area (Å²) in [6, 6.07) is 36.5. The first-order valence-corrected chi connectivity index (χ1v) is 20.4. The third-order valence-electron chi connectivity index (χ3n) is 11.9. The smallest absolute Gasteiger partial charge is 0.307 e. The van der Waals surface area contributed by atoms with E-state index in [-0.39, 0.29) is 39.9 Å².